The van der Waals surface area contributed by atoms with Gasteiger partial charge in [0.2, 0.25) is 0 Å². The largest absolute Gasteiger partial charge is 0.467 e. The highest BCUT2D eigenvalue weighted by Crippen LogP contribution is 2.19. The molecule has 0 spiro atoms. The van der Waals surface area contributed by atoms with Crippen molar-refractivity contribution in [3.8, 4) is 0 Å². The maximum Gasteiger partial charge on any atom is 0.328 e. The number of esters is 1. The molecule has 0 amide bonds. The number of ether oxygens (including phenoxy) is 1. The number of methoxy groups -OCH3 is 1. The lowest BCUT2D eigenvalue weighted by atomic mass is 10.0. The minimum Gasteiger partial charge on any atom is -0.467 e. The summed E-state index contributed by atoms with van der Waals surface area (Å²) in [6.07, 6.45) is 0.598. The Balaban J connectivity index is 2.20. The van der Waals surface area contributed by atoms with Crippen molar-refractivity contribution in [3.05, 3.63) is 65.2 Å². The van der Waals surface area contributed by atoms with E-state index in [9.17, 15) is 4.79 Å². The van der Waals surface area contributed by atoms with Gasteiger partial charge in [-0.3, -0.25) is 0 Å². The van der Waals surface area contributed by atoms with Crippen LogP contribution in [0.1, 0.15) is 16.7 Å². The second-order valence-corrected chi connectivity index (χ2v) is 5.23. The van der Waals surface area contributed by atoms with Gasteiger partial charge in [-0.25, -0.2) is 4.79 Å². The minimum atomic E-state index is -0.391. The second kappa shape index (κ2) is 6.93. The fraction of sp³-hybridized carbons (Fsp3) is 0.278. The molecule has 1 atom stereocenters. The van der Waals surface area contributed by atoms with E-state index in [2.05, 4.69) is 23.5 Å². The van der Waals surface area contributed by atoms with E-state index in [1.54, 1.807) is 0 Å². The van der Waals surface area contributed by atoms with Gasteiger partial charge >= 0.3 is 5.97 Å². The van der Waals surface area contributed by atoms with Crippen molar-refractivity contribution in [2.45, 2.75) is 26.3 Å². The molecule has 0 unspecified atom stereocenters. The lowest BCUT2D eigenvalue weighted by molar-refractivity contribution is -0.141. The van der Waals surface area contributed by atoms with Gasteiger partial charge in [0, 0.05) is 12.1 Å². The van der Waals surface area contributed by atoms with Crippen LogP contribution in [0.15, 0.2) is 48.5 Å². The molecule has 0 heterocycles. The van der Waals surface area contributed by atoms with Crippen LogP contribution >= 0.6 is 0 Å². The molecule has 21 heavy (non-hydrogen) atoms. The predicted octanol–water partition coefficient (Wildman–Crippen LogP) is 3.50. The molecule has 2 rings (SSSR count). The molecule has 3 nitrogen and oxygen atoms in total. The molecule has 0 aliphatic heterocycles. The van der Waals surface area contributed by atoms with E-state index in [1.807, 2.05) is 44.2 Å². The van der Waals surface area contributed by atoms with Gasteiger partial charge in [0.1, 0.15) is 6.04 Å². The molecule has 0 bridgehead atoms. The first-order valence-electron chi connectivity index (χ1n) is 7.05. The van der Waals surface area contributed by atoms with Crippen molar-refractivity contribution in [3.63, 3.8) is 0 Å². The number of carbonyl (C=O) groups excluding carboxylic acids is 1. The zero-order chi connectivity index (χ0) is 15.2. The van der Waals surface area contributed by atoms with Crippen LogP contribution in [0.25, 0.3) is 0 Å². The first-order chi connectivity index (χ1) is 10.1. The summed E-state index contributed by atoms with van der Waals surface area (Å²) in [5, 5.41) is 3.31. The Morgan fingerprint density at radius 1 is 1.14 bits per heavy atom. The average Bonchev–Trinajstić information content (AvgIpc) is 2.50. The molecule has 0 aliphatic carbocycles. The number of carbonyl (C=O) groups is 1. The van der Waals surface area contributed by atoms with Crippen LogP contribution < -0.4 is 5.32 Å². The zero-order valence-electron chi connectivity index (χ0n) is 12.7. The highest BCUT2D eigenvalue weighted by molar-refractivity contribution is 5.80. The van der Waals surface area contributed by atoms with E-state index in [0.29, 0.717) is 6.42 Å². The quantitative estimate of drug-likeness (QED) is 0.854. The smallest absolute Gasteiger partial charge is 0.328 e. The second-order valence-electron chi connectivity index (χ2n) is 5.23. The van der Waals surface area contributed by atoms with Crippen LogP contribution in [0.3, 0.4) is 0 Å². The van der Waals surface area contributed by atoms with Gasteiger partial charge in [0.15, 0.2) is 0 Å². The Morgan fingerprint density at radius 2 is 1.86 bits per heavy atom. The number of hydrogen-bond donors (Lipinski definition) is 1. The molecule has 0 aliphatic rings. The van der Waals surface area contributed by atoms with Crippen molar-refractivity contribution in [2.24, 2.45) is 0 Å². The lowest BCUT2D eigenvalue weighted by Gasteiger charge is -2.19. The van der Waals surface area contributed by atoms with E-state index < -0.39 is 6.04 Å². The Kier molecular flexibility index (Phi) is 4.99. The van der Waals surface area contributed by atoms with Crippen molar-refractivity contribution in [1.82, 2.24) is 0 Å². The zero-order valence-corrected chi connectivity index (χ0v) is 12.7. The summed E-state index contributed by atoms with van der Waals surface area (Å²) in [7, 11) is 1.42. The monoisotopic (exact) mass is 283 g/mol. The van der Waals surface area contributed by atoms with Gasteiger partial charge < -0.3 is 10.1 Å². The third-order valence-corrected chi connectivity index (χ3v) is 3.49. The summed E-state index contributed by atoms with van der Waals surface area (Å²) in [5.41, 5.74) is 4.35. The molecule has 1 N–H and O–H groups in total. The maximum atomic E-state index is 12.0. The first-order valence-corrected chi connectivity index (χ1v) is 7.05. The van der Waals surface area contributed by atoms with Crippen LogP contribution in [0.2, 0.25) is 0 Å². The molecule has 0 saturated carbocycles. The van der Waals surface area contributed by atoms with Crippen molar-refractivity contribution >= 4 is 11.7 Å². The van der Waals surface area contributed by atoms with E-state index in [4.69, 9.17) is 4.74 Å². The van der Waals surface area contributed by atoms with Gasteiger partial charge in [0.25, 0.3) is 0 Å². The topological polar surface area (TPSA) is 38.3 Å². The first kappa shape index (κ1) is 15.1. The number of aryl methyl sites for hydroxylation is 2. The Labute approximate surface area is 126 Å². The molecule has 0 aromatic heterocycles. The molecule has 0 fully saturated rings. The summed E-state index contributed by atoms with van der Waals surface area (Å²) >= 11 is 0. The van der Waals surface area contributed by atoms with Crippen LogP contribution in [0.5, 0.6) is 0 Å². The number of rotatable bonds is 5. The normalized spacial score (nSPS) is 11.8. The Morgan fingerprint density at radius 3 is 2.52 bits per heavy atom. The standard InChI is InChI=1S/C18H21NO2/c1-13-9-10-14(2)16(11-13)19-17(18(20)21-3)12-15-7-5-4-6-8-15/h4-11,17,19H,12H2,1-3H3/t17-/m0/s1. The highest BCUT2D eigenvalue weighted by atomic mass is 16.5. The van der Waals surface area contributed by atoms with Gasteiger partial charge in [-0.2, -0.15) is 0 Å². The van der Waals surface area contributed by atoms with Crippen LogP contribution in [0.4, 0.5) is 5.69 Å². The third kappa shape index (κ3) is 4.09. The fourth-order valence-electron chi connectivity index (χ4n) is 2.26. The Bertz CT molecular complexity index is 608. The van der Waals surface area contributed by atoms with Gasteiger partial charge in [0.05, 0.1) is 7.11 Å². The van der Waals surface area contributed by atoms with Crippen molar-refractivity contribution < 1.29 is 9.53 Å². The minimum absolute atomic E-state index is 0.250. The molecular formula is C18H21NO2. The number of benzene rings is 2. The van der Waals surface area contributed by atoms with E-state index >= 15 is 0 Å². The van der Waals surface area contributed by atoms with Crippen LogP contribution in [-0.2, 0) is 16.0 Å². The van der Waals surface area contributed by atoms with E-state index in [-0.39, 0.29) is 5.97 Å². The van der Waals surface area contributed by atoms with Gasteiger partial charge in [-0.15, -0.1) is 0 Å². The average molecular weight is 283 g/mol. The summed E-state index contributed by atoms with van der Waals surface area (Å²) < 4.78 is 4.93. The summed E-state index contributed by atoms with van der Waals surface area (Å²) in [6.45, 7) is 4.06. The van der Waals surface area contributed by atoms with Crippen LogP contribution in [-0.4, -0.2) is 19.1 Å². The number of hydrogen-bond acceptors (Lipinski definition) is 3. The Hall–Kier alpha value is -2.29. The molecular weight excluding hydrogens is 262 g/mol. The molecule has 110 valence electrons. The molecule has 0 radical (unpaired) electrons. The number of nitrogens with one attached hydrogen (secondary N) is 1. The van der Waals surface area contributed by atoms with Crippen molar-refractivity contribution in [1.29, 1.82) is 0 Å². The molecule has 2 aromatic carbocycles. The van der Waals surface area contributed by atoms with Gasteiger partial charge in [-0.1, -0.05) is 42.5 Å². The fourth-order valence-corrected chi connectivity index (χ4v) is 2.26. The summed E-state index contributed by atoms with van der Waals surface area (Å²) in [6, 6.07) is 15.7. The predicted molar refractivity (Wildman–Crippen MR) is 85.5 cm³/mol. The summed E-state index contributed by atoms with van der Waals surface area (Å²) in [5.74, 6) is -0.250. The highest BCUT2D eigenvalue weighted by Gasteiger charge is 2.20. The van der Waals surface area contributed by atoms with Gasteiger partial charge in [-0.05, 0) is 36.6 Å². The SMILES string of the molecule is COC(=O)[C@H](Cc1ccccc1)Nc1cc(C)ccc1C. The van der Waals surface area contributed by atoms with Crippen molar-refractivity contribution in [2.75, 3.05) is 12.4 Å². The maximum absolute atomic E-state index is 12.0. The molecule has 0 saturated heterocycles. The van der Waals surface area contributed by atoms with E-state index in [0.717, 1.165) is 22.4 Å². The third-order valence-electron chi connectivity index (χ3n) is 3.49. The number of anilines is 1. The van der Waals surface area contributed by atoms with Crippen LogP contribution in [0, 0.1) is 13.8 Å². The molecule has 2 aromatic rings. The lowest BCUT2D eigenvalue weighted by Crippen LogP contribution is -2.33. The van der Waals surface area contributed by atoms with E-state index in [1.165, 1.54) is 7.11 Å². The molecule has 3 heteroatoms. The summed E-state index contributed by atoms with van der Waals surface area (Å²) in [4.78, 5) is 12.0.